The van der Waals surface area contributed by atoms with Gasteiger partial charge in [0.2, 0.25) is 11.8 Å². The van der Waals surface area contributed by atoms with E-state index in [9.17, 15) is 18.0 Å². The fourth-order valence-electron chi connectivity index (χ4n) is 2.00. The van der Waals surface area contributed by atoms with Crippen molar-refractivity contribution >= 4 is 27.5 Å². The van der Waals surface area contributed by atoms with Gasteiger partial charge in [-0.15, -0.1) is 0 Å². The van der Waals surface area contributed by atoms with Gasteiger partial charge < -0.3 is 11.1 Å². The summed E-state index contributed by atoms with van der Waals surface area (Å²) in [6.45, 7) is 1.11. The molecule has 0 bridgehead atoms. The van der Waals surface area contributed by atoms with Crippen LogP contribution in [0.5, 0.6) is 0 Å². The van der Waals surface area contributed by atoms with E-state index in [1.165, 1.54) is 24.3 Å². The molecule has 0 aliphatic heterocycles. The van der Waals surface area contributed by atoms with Gasteiger partial charge >= 0.3 is 0 Å². The van der Waals surface area contributed by atoms with Crippen LogP contribution in [0.1, 0.15) is 18.5 Å². The number of amides is 2. The van der Waals surface area contributed by atoms with Crippen LogP contribution in [0.15, 0.2) is 59.5 Å². The highest BCUT2D eigenvalue weighted by Crippen LogP contribution is 2.16. The molecular weight excluding hydrogens is 330 g/mol. The third-order valence-corrected chi connectivity index (χ3v) is 4.60. The van der Waals surface area contributed by atoms with Crippen LogP contribution in [0.3, 0.4) is 0 Å². The van der Waals surface area contributed by atoms with Gasteiger partial charge in [0.1, 0.15) is 6.04 Å². The number of benzene rings is 2. The van der Waals surface area contributed by atoms with E-state index in [2.05, 4.69) is 5.32 Å². The predicted molar refractivity (Wildman–Crippen MR) is 89.4 cm³/mol. The smallest absolute Gasteiger partial charge is 0.264 e. The molecule has 126 valence electrons. The maximum absolute atomic E-state index is 12.1. The summed E-state index contributed by atoms with van der Waals surface area (Å²) in [4.78, 5) is 22.9. The van der Waals surface area contributed by atoms with Gasteiger partial charge in [-0.25, -0.2) is 13.1 Å². The van der Waals surface area contributed by atoms with Crippen molar-refractivity contribution < 1.29 is 18.0 Å². The van der Waals surface area contributed by atoms with Crippen molar-refractivity contribution in [2.24, 2.45) is 5.73 Å². The molecule has 24 heavy (non-hydrogen) atoms. The third-order valence-electron chi connectivity index (χ3n) is 3.15. The zero-order valence-electron chi connectivity index (χ0n) is 12.9. The summed E-state index contributed by atoms with van der Waals surface area (Å²) in [5.41, 5.74) is 6.95. The Balaban J connectivity index is 2.09. The molecule has 0 saturated carbocycles. The standard InChI is InChI=1S/C16H17N3O4S/c1-11(20)19-24(22,23)14-9-7-13(8-10-14)18-16(21)15(17)12-5-3-2-4-6-12/h2-10,15H,17H2,1H3,(H,18,21)(H,19,20). The molecular formula is C16H17N3O4S. The number of carbonyl (C=O) groups is 2. The number of rotatable bonds is 5. The Morgan fingerprint density at radius 1 is 1.00 bits per heavy atom. The monoisotopic (exact) mass is 347 g/mol. The van der Waals surface area contributed by atoms with Crippen molar-refractivity contribution in [1.82, 2.24) is 4.72 Å². The predicted octanol–water partition coefficient (Wildman–Crippen LogP) is 1.15. The molecule has 2 aromatic rings. The van der Waals surface area contributed by atoms with Crippen molar-refractivity contribution in [3.05, 3.63) is 60.2 Å². The first-order valence-electron chi connectivity index (χ1n) is 7.04. The van der Waals surface area contributed by atoms with Gasteiger partial charge in [-0.3, -0.25) is 9.59 Å². The third kappa shape index (κ3) is 4.40. The molecule has 0 spiro atoms. The maximum Gasteiger partial charge on any atom is 0.264 e. The van der Waals surface area contributed by atoms with Crippen LogP contribution < -0.4 is 15.8 Å². The number of nitrogens with one attached hydrogen (secondary N) is 2. The summed E-state index contributed by atoms with van der Waals surface area (Å²) in [6, 6.07) is 13.4. The molecule has 2 amide bonds. The zero-order valence-corrected chi connectivity index (χ0v) is 13.7. The SMILES string of the molecule is CC(=O)NS(=O)(=O)c1ccc(NC(=O)C(N)c2ccccc2)cc1. The molecule has 7 nitrogen and oxygen atoms in total. The van der Waals surface area contributed by atoms with Crippen LogP contribution in [0.4, 0.5) is 5.69 Å². The molecule has 0 aliphatic carbocycles. The molecule has 2 aromatic carbocycles. The first-order valence-corrected chi connectivity index (χ1v) is 8.53. The summed E-state index contributed by atoms with van der Waals surface area (Å²) in [5, 5.41) is 2.61. The van der Waals surface area contributed by atoms with Crippen molar-refractivity contribution in [3.8, 4) is 0 Å². The lowest BCUT2D eigenvalue weighted by atomic mass is 10.1. The molecule has 8 heteroatoms. The highest BCUT2D eigenvalue weighted by molar-refractivity contribution is 7.90. The summed E-state index contributed by atoms with van der Waals surface area (Å²) in [7, 11) is -3.90. The van der Waals surface area contributed by atoms with E-state index in [-0.39, 0.29) is 4.90 Å². The molecule has 0 saturated heterocycles. The van der Waals surface area contributed by atoms with Crippen LogP contribution >= 0.6 is 0 Å². The number of hydrogen-bond acceptors (Lipinski definition) is 5. The van der Waals surface area contributed by atoms with E-state index in [1.54, 1.807) is 24.3 Å². The maximum atomic E-state index is 12.1. The Hall–Kier alpha value is -2.71. The first-order chi connectivity index (χ1) is 11.3. The molecule has 0 aliphatic rings. The van der Waals surface area contributed by atoms with E-state index in [1.807, 2.05) is 10.8 Å². The van der Waals surface area contributed by atoms with Crippen molar-refractivity contribution in [2.45, 2.75) is 17.9 Å². The lowest BCUT2D eigenvalue weighted by Gasteiger charge is -2.13. The topological polar surface area (TPSA) is 118 Å². The minimum absolute atomic E-state index is 0.0805. The van der Waals surface area contributed by atoms with E-state index in [0.29, 0.717) is 11.3 Å². The second-order valence-electron chi connectivity index (χ2n) is 5.06. The van der Waals surface area contributed by atoms with Crippen molar-refractivity contribution in [2.75, 3.05) is 5.32 Å². The molecule has 0 aromatic heterocycles. The fraction of sp³-hybridized carbons (Fsp3) is 0.125. The molecule has 1 atom stereocenters. The van der Waals surface area contributed by atoms with Gasteiger partial charge in [-0.1, -0.05) is 30.3 Å². The minimum atomic E-state index is -3.90. The van der Waals surface area contributed by atoms with E-state index in [4.69, 9.17) is 5.73 Å². The molecule has 0 radical (unpaired) electrons. The fourth-order valence-corrected chi connectivity index (χ4v) is 2.99. The number of anilines is 1. The van der Waals surface area contributed by atoms with Crippen LogP contribution in [0.25, 0.3) is 0 Å². The number of nitrogens with two attached hydrogens (primary N) is 1. The summed E-state index contributed by atoms with van der Waals surface area (Å²) in [5.74, 6) is -1.10. The van der Waals surface area contributed by atoms with Gasteiger partial charge in [0.15, 0.2) is 0 Å². The number of hydrogen-bond donors (Lipinski definition) is 3. The van der Waals surface area contributed by atoms with Gasteiger partial charge in [0.25, 0.3) is 10.0 Å². The number of carbonyl (C=O) groups excluding carboxylic acids is 2. The molecule has 0 fully saturated rings. The summed E-state index contributed by atoms with van der Waals surface area (Å²) < 4.78 is 25.5. The molecule has 1 unspecified atom stereocenters. The first kappa shape index (κ1) is 17.6. The Kier molecular flexibility index (Phi) is 5.32. The van der Waals surface area contributed by atoms with E-state index in [0.717, 1.165) is 6.92 Å². The van der Waals surface area contributed by atoms with Crippen molar-refractivity contribution in [1.29, 1.82) is 0 Å². The van der Waals surface area contributed by atoms with E-state index >= 15 is 0 Å². The molecule has 2 rings (SSSR count). The Labute approximate surface area is 139 Å². The minimum Gasteiger partial charge on any atom is -0.324 e. The van der Waals surface area contributed by atoms with E-state index < -0.39 is 27.9 Å². The quantitative estimate of drug-likeness (QED) is 0.750. The summed E-state index contributed by atoms with van der Waals surface area (Å²) >= 11 is 0. The lowest BCUT2D eigenvalue weighted by Crippen LogP contribution is -2.28. The van der Waals surface area contributed by atoms with Gasteiger partial charge in [-0.2, -0.15) is 0 Å². The van der Waals surface area contributed by atoms with Crippen molar-refractivity contribution in [3.63, 3.8) is 0 Å². The van der Waals surface area contributed by atoms with Crippen LogP contribution in [-0.2, 0) is 19.6 Å². The zero-order chi connectivity index (χ0) is 17.7. The largest absolute Gasteiger partial charge is 0.324 e. The number of sulfonamides is 1. The highest BCUT2D eigenvalue weighted by Gasteiger charge is 2.17. The van der Waals surface area contributed by atoms with Crippen LogP contribution in [0, 0.1) is 0 Å². The highest BCUT2D eigenvalue weighted by atomic mass is 32.2. The van der Waals surface area contributed by atoms with Gasteiger partial charge in [0, 0.05) is 12.6 Å². The summed E-state index contributed by atoms with van der Waals surface area (Å²) in [6.07, 6.45) is 0. The Morgan fingerprint density at radius 3 is 2.12 bits per heavy atom. The lowest BCUT2D eigenvalue weighted by molar-refractivity contribution is -0.118. The van der Waals surface area contributed by atoms with Crippen LogP contribution in [-0.4, -0.2) is 20.2 Å². The normalized spacial score (nSPS) is 12.2. The van der Waals surface area contributed by atoms with Crippen LogP contribution in [0.2, 0.25) is 0 Å². The Bertz CT molecular complexity index is 833. The molecule has 0 heterocycles. The van der Waals surface area contributed by atoms with Gasteiger partial charge in [0.05, 0.1) is 4.90 Å². The van der Waals surface area contributed by atoms with Gasteiger partial charge in [-0.05, 0) is 29.8 Å². The average molecular weight is 347 g/mol. The Morgan fingerprint density at radius 2 is 1.58 bits per heavy atom. The second kappa shape index (κ2) is 7.24. The molecule has 4 N–H and O–H groups in total. The second-order valence-corrected chi connectivity index (χ2v) is 6.75. The average Bonchev–Trinajstić information content (AvgIpc) is 2.54.